The molecule has 170 valence electrons. The van der Waals surface area contributed by atoms with E-state index in [1.54, 1.807) is 23.6 Å². The lowest BCUT2D eigenvalue weighted by Gasteiger charge is -2.26. The number of amides is 1. The van der Waals surface area contributed by atoms with Gasteiger partial charge in [0.05, 0.1) is 16.8 Å². The Kier molecular flexibility index (Phi) is 5.54. The van der Waals surface area contributed by atoms with E-state index in [1.807, 2.05) is 48.5 Å². The third kappa shape index (κ3) is 4.07. The molecule has 6 rings (SSSR count). The lowest BCUT2D eigenvalue weighted by molar-refractivity contribution is 0.102. The van der Waals surface area contributed by atoms with E-state index in [0.717, 1.165) is 65.5 Å². The molecule has 0 atom stereocenters. The molecule has 34 heavy (non-hydrogen) atoms. The van der Waals surface area contributed by atoms with Gasteiger partial charge in [0.2, 0.25) is 0 Å². The van der Waals surface area contributed by atoms with Gasteiger partial charge in [0.25, 0.3) is 5.91 Å². The quantitative estimate of drug-likeness (QED) is 0.403. The fraction of sp³-hybridized carbons (Fsp3) is 0.192. The molecule has 0 saturated carbocycles. The zero-order chi connectivity index (χ0) is 22.9. The van der Waals surface area contributed by atoms with Crippen LogP contribution in [0.3, 0.4) is 0 Å². The Morgan fingerprint density at radius 2 is 1.97 bits per heavy atom. The lowest BCUT2D eigenvalue weighted by Crippen LogP contribution is -2.43. The highest BCUT2D eigenvalue weighted by Crippen LogP contribution is 2.27. The molecule has 0 unspecified atom stereocenters. The van der Waals surface area contributed by atoms with Gasteiger partial charge in [-0.3, -0.25) is 19.1 Å². The van der Waals surface area contributed by atoms with Crippen LogP contribution in [0.25, 0.3) is 27.1 Å². The Bertz CT molecular complexity index is 1480. The van der Waals surface area contributed by atoms with E-state index in [-0.39, 0.29) is 5.91 Å². The molecule has 4 heterocycles. The second-order valence-corrected chi connectivity index (χ2v) is 9.28. The van der Waals surface area contributed by atoms with E-state index in [0.29, 0.717) is 5.56 Å². The van der Waals surface area contributed by atoms with Crippen molar-refractivity contribution in [1.82, 2.24) is 24.6 Å². The molecule has 3 aromatic heterocycles. The van der Waals surface area contributed by atoms with Crippen molar-refractivity contribution in [3.63, 3.8) is 0 Å². The number of pyridine rings is 1. The first-order chi connectivity index (χ1) is 16.7. The number of nitrogens with one attached hydrogen (secondary N) is 2. The Labute approximate surface area is 201 Å². The molecule has 7 nitrogen and oxygen atoms in total. The highest BCUT2D eigenvalue weighted by molar-refractivity contribution is 7.15. The van der Waals surface area contributed by atoms with Crippen molar-refractivity contribution in [1.29, 1.82) is 0 Å². The third-order valence-corrected chi connectivity index (χ3v) is 7.08. The monoisotopic (exact) mass is 468 g/mol. The van der Waals surface area contributed by atoms with Crippen LogP contribution in [0.5, 0.6) is 0 Å². The number of anilines is 1. The van der Waals surface area contributed by atoms with E-state index < -0.39 is 0 Å². The van der Waals surface area contributed by atoms with Crippen molar-refractivity contribution >= 4 is 38.8 Å². The summed E-state index contributed by atoms with van der Waals surface area (Å²) in [6, 6.07) is 17.3. The zero-order valence-electron chi connectivity index (χ0n) is 18.6. The summed E-state index contributed by atoms with van der Waals surface area (Å²) in [7, 11) is 0. The van der Waals surface area contributed by atoms with Crippen LogP contribution < -0.4 is 10.6 Å². The number of imidazole rings is 1. The summed E-state index contributed by atoms with van der Waals surface area (Å²) in [5.41, 5.74) is 5.28. The van der Waals surface area contributed by atoms with Crippen molar-refractivity contribution < 1.29 is 4.79 Å². The Morgan fingerprint density at radius 3 is 2.88 bits per heavy atom. The van der Waals surface area contributed by atoms with Crippen LogP contribution in [0.2, 0.25) is 0 Å². The molecule has 5 aromatic rings. The maximum absolute atomic E-state index is 13.0. The molecule has 1 amide bonds. The van der Waals surface area contributed by atoms with Crippen LogP contribution in [0, 0.1) is 0 Å². The summed E-state index contributed by atoms with van der Waals surface area (Å²) in [6.07, 6.45) is 3.77. The highest BCUT2D eigenvalue weighted by atomic mass is 32.1. The molecule has 0 bridgehead atoms. The first kappa shape index (κ1) is 21.0. The summed E-state index contributed by atoms with van der Waals surface area (Å²) in [6.45, 7) is 5.13. The maximum atomic E-state index is 13.0. The normalized spacial score (nSPS) is 14.6. The van der Waals surface area contributed by atoms with Gasteiger partial charge >= 0.3 is 0 Å². The van der Waals surface area contributed by atoms with Crippen LogP contribution in [0.4, 0.5) is 5.69 Å². The second kappa shape index (κ2) is 8.98. The summed E-state index contributed by atoms with van der Waals surface area (Å²) in [5.74, 6) is -0.153. The van der Waals surface area contributed by atoms with E-state index in [9.17, 15) is 4.79 Å². The average molecular weight is 469 g/mol. The first-order valence-electron chi connectivity index (χ1n) is 11.4. The number of nitrogens with zero attached hydrogens (tertiary/aromatic N) is 4. The van der Waals surface area contributed by atoms with Gasteiger partial charge in [-0.1, -0.05) is 30.3 Å². The van der Waals surface area contributed by atoms with Gasteiger partial charge in [-0.25, -0.2) is 4.98 Å². The van der Waals surface area contributed by atoms with Gasteiger partial charge in [0.15, 0.2) is 4.96 Å². The number of thiazole rings is 1. The minimum absolute atomic E-state index is 0.153. The second-order valence-electron chi connectivity index (χ2n) is 8.44. The number of aromatic nitrogens is 3. The van der Waals surface area contributed by atoms with Crippen LogP contribution in [0.15, 0.2) is 72.4 Å². The van der Waals surface area contributed by atoms with Crippen molar-refractivity contribution in [3.05, 3.63) is 83.6 Å². The number of hydrogen-bond donors (Lipinski definition) is 2. The zero-order valence-corrected chi connectivity index (χ0v) is 19.4. The molecule has 1 saturated heterocycles. The summed E-state index contributed by atoms with van der Waals surface area (Å²) in [5, 5.41) is 9.48. The minimum Gasteiger partial charge on any atom is -0.322 e. The van der Waals surface area contributed by atoms with Crippen molar-refractivity contribution in [2.24, 2.45) is 0 Å². The molecule has 0 aliphatic carbocycles. The van der Waals surface area contributed by atoms with Gasteiger partial charge < -0.3 is 10.6 Å². The first-order valence-corrected chi connectivity index (χ1v) is 12.3. The number of hydrogen-bond acceptors (Lipinski definition) is 6. The Hall–Kier alpha value is -3.59. The van der Waals surface area contributed by atoms with E-state index in [2.05, 4.69) is 36.5 Å². The fourth-order valence-corrected chi connectivity index (χ4v) is 5.29. The molecule has 8 heteroatoms. The van der Waals surface area contributed by atoms with Crippen LogP contribution in [-0.2, 0) is 6.54 Å². The van der Waals surface area contributed by atoms with Crippen LogP contribution in [0.1, 0.15) is 16.1 Å². The smallest absolute Gasteiger partial charge is 0.256 e. The molecular weight excluding hydrogens is 444 g/mol. The average Bonchev–Trinajstić information content (AvgIpc) is 3.46. The SMILES string of the molecule is O=C(Nc1cccc(-c2cn3c(CN4CCNCC4)csc3n2)c1)c1ccnc2ccccc12. The van der Waals surface area contributed by atoms with Gasteiger partial charge in [0.1, 0.15) is 0 Å². The predicted octanol–water partition coefficient (Wildman–Crippen LogP) is 4.27. The van der Waals surface area contributed by atoms with Gasteiger partial charge in [-0.2, -0.15) is 0 Å². The van der Waals surface area contributed by atoms with Crippen molar-refractivity contribution in [2.45, 2.75) is 6.54 Å². The molecule has 1 fully saturated rings. The summed E-state index contributed by atoms with van der Waals surface area (Å²) in [4.78, 5) is 25.7. The van der Waals surface area contributed by atoms with Crippen LogP contribution in [-0.4, -0.2) is 51.4 Å². The number of carbonyl (C=O) groups excluding carboxylic acids is 1. The number of rotatable bonds is 5. The molecule has 0 radical (unpaired) electrons. The number of carbonyl (C=O) groups is 1. The summed E-state index contributed by atoms with van der Waals surface area (Å²) < 4.78 is 2.19. The molecule has 1 aliphatic rings. The highest BCUT2D eigenvalue weighted by Gasteiger charge is 2.16. The van der Waals surface area contributed by atoms with Gasteiger partial charge in [-0.15, -0.1) is 11.3 Å². The fourth-order valence-electron chi connectivity index (χ4n) is 4.43. The van der Waals surface area contributed by atoms with E-state index in [1.165, 1.54) is 5.69 Å². The van der Waals surface area contributed by atoms with Crippen molar-refractivity contribution in [3.8, 4) is 11.3 Å². The molecular formula is C26H24N6OS. The summed E-state index contributed by atoms with van der Waals surface area (Å²) >= 11 is 1.67. The van der Waals surface area contributed by atoms with E-state index >= 15 is 0 Å². The molecule has 0 spiro atoms. The molecule has 2 N–H and O–H groups in total. The molecule has 2 aromatic carbocycles. The Balaban J connectivity index is 1.24. The number of fused-ring (bicyclic) bond motifs is 2. The minimum atomic E-state index is -0.153. The van der Waals surface area contributed by atoms with Gasteiger partial charge in [0, 0.05) is 72.8 Å². The van der Waals surface area contributed by atoms with E-state index in [4.69, 9.17) is 4.98 Å². The lowest BCUT2D eigenvalue weighted by atomic mass is 10.1. The van der Waals surface area contributed by atoms with Gasteiger partial charge in [-0.05, 0) is 24.3 Å². The third-order valence-electron chi connectivity index (χ3n) is 6.19. The standard InChI is InChI=1S/C26H24N6OS/c33-25(22-8-9-28-23-7-2-1-6-21(22)23)29-19-5-3-4-18(14-19)24-16-32-20(17-34-26(32)30-24)15-31-12-10-27-11-13-31/h1-9,14,16-17,27H,10-13,15H2,(H,29,33). The van der Waals surface area contributed by atoms with Crippen LogP contribution >= 0.6 is 11.3 Å². The molecule has 1 aliphatic heterocycles. The van der Waals surface area contributed by atoms with Crippen molar-refractivity contribution in [2.75, 3.05) is 31.5 Å². The maximum Gasteiger partial charge on any atom is 0.256 e. The topological polar surface area (TPSA) is 74.6 Å². The number of piperazine rings is 1. The number of para-hydroxylation sites is 1. The Morgan fingerprint density at radius 1 is 1.09 bits per heavy atom. The number of benzene rings is 2. The predicted molar refractivity (Wildman–Crippen MR) is 136 cm³/mol. The largest absolute Gasteiger partial charge is 0.322 e.